The highest BCUT2D eigenvalue weighted by atomic mass is 16.1. The molecular weight excluding hydrogens is 252 g/mol. The molecule has 1 amide bonds. The van der Waals surface area contributed by atoms with E-state index in [0.717, 1.165) is 17.9 Å². The van der Waals surface area contributed by atoms with E-state index in [2.05, 4.69) is 20.6 Å². The fraction of sp³-hybridized carbons (Fsp3) is 0.267. The Morgan fingerprint density at radius 2 is 2.15 bits per heavy atom. The number of nitrogens with one attached hydrogen (secondary N) is 2. The molecule has 0 aliphatic rings. The molecule has 0 aliphatic carbocycles. The maximum Gasteiger partial charge on any atom is 0.254 e. The highest BCUT2D eigenvalue weighted by Gasteiger charge is 2.15. The van der Waals surface area contributed by atoms with Gasteiger partial charge in [0.15, 0.2) is 0 Å². The van der Waals surface area contributed by atoms with Gasteiger partial charge in [-0.3, -0.25) is 14.8 Å². The van der Waals surface area contributed by atoms with Crippen LogP contribution >= 0.6 is 0 Å². The number of hydrogen-bond acceptors (Lipinski definition) is 4. The third kappa shape index (κ3) is 3.32. The molecule has 0 aromatic carbocycles. The average Bonchev–Trinajstić information content (AvgIpc) is 2.49. The summed E-state index contributed by atoms with van der Waals surface area (Å²) in [5.41, 5.74) is 2.16. The first-order valence-corrected chi connectivity index (χ1v) is 6.62. The molecule has 0 fully saturated rings. The molecule has 1 atom stereocenters. The Bertz CT molecular complexity index is 571. The van der Waals surface area contributed by atoms with Crippen molar-refractivity contribution in [3.8, 4) is 0 Å². The predicted molar refractivity (Wildman–Crippen MR) is 78.5 cm³/mol. The lowest BCUT2D eigenvalue weighted by Gasteiger charge is -2.15. The molecule has 5 heteroatoms. The molecule has 2 rings (SSSR count). The van der Waals surface area contributed by atoms with Gasteiger partial charge in [-0.1, -0.05) is 6.07 Å². The van der Waals surface area contributed by atoms with Gasteiger partial charge in [-0.25, -0.2) is 0 Å². The lowest BCUT2D eigenvalue weighted by molar-refractivity contribution is 0.0940. The second-order valence-corrected chi connectivity index (χ2v) is 4.40. The van der Waals surface area contributed by atoms with Gasteiger partial charge in [0.2, 0.25) is 0 Å². The van der Waals surface area contributed by atoms with E-state index >= 15 is 0 Å². The maximum absolute atomic E-state index is 12.3. The fourth-order valence-electron chi connectivity index (χ4n) is 1.90. The summed E-state index contributed by atoms with van der Waals surface area (Å²) in [4.78, 5) is 20.6. The van der Waals surface area contributed by atoms with Crippen molar-refractivity contribution in [2.24, 2.45) is 0 Å². The van der Waals surface area contributed by atoms with Gasteiger partial charge in [-0.15, -0.1) is 0 Å². The Morgan fingerprint density at radius 3 is 2.85 bits per heavy atom. The number of pyridine rings is 2. The van der Waals surface area contributed by atoms with Crippen molar-refractivity contribution >= 4 is 11.6 Å². The number of carbonyl (C=O) groups is 1. The van der Waals surface area contributed by atoms with E-state index < -0.39 is 0 Å². The van der Waals surface area contributed by atoms with Crippen molar-refractivity contribution < 1.29 is 4.79 Å². The topological polar surface area (TPSA) is 66.9 Å². The van der Waals surface area contributed by atoms with Gasteiger partial charge in [0.1, 0.15) is 0 Å². The second kappa shape index (κ2) is 6.65. The van der Waals surface area contributed by atoms with Gasteiger partial charge in [-0.05, 0) is 32.0 Å². The number of nitrogens with zero attached hydrogens (tertiary/aromatic N) is 2. The van der Waals surface area contributed by atoms with E-state index in [-0.39, 0.29) is 11.9 Å². The number of hydrogen-bond donors (Lipinski definition) is 2. The summed E-state index contributed by atoms with van der Waals surface area (Å²) in [5.74, 6) is -0.137. The lowest BCUT2D eigenvalue weighted by atomic mass is 10.1. The molecule has 20 heavy (non-hydrogen) atoms. The quantitative estimate of drug-likeness (QED) is 0.875. The summed E-state index contributed by atoms with van der Waals surface area (Å²) in [6.45, 7) is 4.63. The SMILES string of the molecule is CCNc1cnccc1C(=O)NC(C)c1ccccn1. The van der Waals surface area contributed by atoms with Gasteiger partial charge in [-0.2, -0.15) is 0 Å². The monoisotopic (exact) mass is 270 g/mol. The average molecular weight is 270 g/mol. The highest BCUT2D eigenvalue weighted by molar-refractivity contribution is 5.99. The number of aromatic nitrogens is 2. The Labute approximate surface area is 118 Å². The molecule has 2 heterocycles. The summed E-state index contributed by atoms with van der Waals surface area (Å²) in [7, 11) is 0. The zero-order valence-electron chi connectivity index (χ0n) is 11.6. The van der Waals surface area contributed by atoms with Crippen molar-refractivity contribution in [2.75, 3.05) is 11.9 Å². The van der Waals surface area contributed by atoms with Crippen molar-refractivity contribution in [2.45, 2.75) is 19.9 Å². The minimum Gasteiger partial charge on any atom is -0.383 e. The standard InChI is InChI=1S/C15H18N4O/c1-3-17-14-10-16-9-7-12(14)15(20)19-11(2)13-6-4-5-8-18-13/h4-11,17H,3H2,1-2H3,(H,19,20). The minimum atomic E-state index is -0.147. The molecule has 5 nitrogen and oxygen atoms in total. The van der Waals surface area contributed by atoms with E-state index in [0.29, 0.717) is 5.56 Å². The minimum absolute atomic E-state index is 0.137. The third-order valence-corrected chi connectivity index (χ3v) is 2.91. The van der Waals surface area contributed by atoms with E-state index in [1.807, 2.05) is 32.0 Å². The molecule has 0 saturated heterocycles. The first kappa shape index (κ1) is 14.0. The molecule has 2 N–H and O–H groups in total. The Balaban J connectivity index is 2.12. The summed E-state index contributed by atoms with van der Waals surface area (Å²) in [5, 5.41) is 6.07. The Morgan fingerprint density at radius 1 is 1.30 bits per heavy atom. The molecule has 0 radical (unpaired) electrons. The van der Waals surface area contributed by atoms with Crippen LogP contribution < -0.4 is 10.6 Å². The van der Waals surface area contributed by atoms with Crippen molar-refractivity contribution in [1.29, 1.82) is 0 Å². The molecule has 0 saturated carbocycles. The van der Waals surface area contributed by atoms with Crippen LogP contribution in [0, 0.1) is 0 Å². The summed E-state index contributed by atoms with van der Waals surface area (Å²) in [6.07, 6.45) is 4.99. The zero-order chi connectivity index (χ0) is 14.4. The number of amides is 1. The molecule has 2 aromatic heterocycles. The maximum atomic E-state index is 12.3. The number of rotatable bonds is 5. The van der Waals surface area contributed by atoms with Crippen molar-refractivity contribution in [1.82, 2.24) is 15.3 Å². The van der Waals surface area contributed by atoms with E-state index in [1.54, 1.807) is 24.7 Å². The van der Waals surface area contributed by atoms with Crippen LogP contribution in [0.4, 0.5) is 5.69 Å². The van der Waals surface area contributed by atoms with Crippen molar-refractivity contribution in [3.63, 3.8) is 0 Å². The van der Waals surface area contributed by atoms with Crippen LogP contribution in [0.3, 0.4) is 0 Å². The van der Waals surface area contributed by atoms with Crippen LogP contribution in [0.25, 0.3) is 0 Å². The molecule has 104 valence electrons. The number of anilines is 1. The van der Waals surface area contributed by atoms with Crippen molar-refractivity contribution in [3.05, 3.63) is 54.1 Å². The van der Waals surface area contributed by atoms with Crippen LogP contribution in [0.2, 0.25) is 0 Å². The second-order valence-electron chi connectivity index (χ2n) is 4.40. The van der Waals surface area contributed by atoms with Crippen LogP contribution in [0.5, 0.6) is 0 Å². The first-order valence-electron chi connectivity index (χ1n) is 6.62. The third-order valence-electron chi connectivity index (χ3n) is 2.91. The van der Waals surface area contributed by atoms with E-state index in [4.69, 9.17) is 0 Å². The molecular formula is C15H18N4O. The largest absolute Gasteiger partial charge is 0.383 e. The summed E-state index contributed by atoms with van der Waals surface area (Å²) in [6, 6.07) is 7.21. The van der Waals surface area contributed by atoms with Crippen LogP contribution in [0.1, 0.15) is 35.9 Å². The molecule has 0 aliphatic heterocycles. The normalized spacial score (nSPS) is 11.7. The molecule has 1 unspecified atom stereocenters. The first-order chi connectivity index (χ1) is 9.72. The fourth-order valence-corrected chi connectivity index (χ4v) is 1.90. The van der Waals surface area contributed by atoms with Gasteiger partial charge in [0, 0.05) is 18.9 Å². The van der Waals surface area contributed by atoms with E-state index in [9.17, 15) is 4.79 Å². The Hall–Kier alpha value is -2.43. The molecule has 0 bridgehead atoms. The van der Waals surface area contributed by atoms with Gasteiger partial charge in [0.05, 0.1) is 29.2 Å². The highest BCUT2D eigenvalue weighted by Crippen LogP contribution is 2.15. The lowest BCUT2D eigenvalue weighted by Crippen LogP contribution is -2.28. The Kier molecular flexibility index (Phi) is 4.65. The van der Waals surface area contributed by atoms with Crippen LogP contribution in [0.15, 0.2) is 42.9 Å². The van der Waals surface area contributed by atoms with Crippen LogP contribution in [-0.2, 0) is 0 Å². The molecule has 2 aromatic rings. The smallest absolute Gasteiger partial charge is 0.254 e. The van der Waals surface area contributed by atoms with E-state index in [1.165, 1.54) is 0 Å². The summed E-state index contributed by atoms with van der Waals surface area (Å²) < 4.78 is 0. The zero-order valence-corrected chi connectivity index (χ0v) is 11.6. The van der Waals surface area contributed by atoms with Crippen LogP contribution in [-0.4, -0.2) is 22.4 Å². The predicted octanol–water partition coefficient (Wildman–Crippen LogP) is 2.40. The molecule has 0 spiro atoms. The summed E-state index contributed by atoms with van der Waals surface area (Å²) >= 11 is 0. The van der Waals surface area contributed by atoms with Gasteiger partial charge >= 0.3 is 0 Å². The van der Waals surface area contributed by atoms with Gasteiger partial charge in [0.25, 0.3) is 5.91 Å². The number of carbonyl (C=O) groups excluding carboxylic acids is 1. The van der Waals surface area contributed by atoms with Gasteiger partial charge < -0.3 is 10.6 Å².